The van der Waals surface area contributed by atoms with E-state index in [9.17, 15) is 27.2 Å². The summed E-state index contributed by atoms with van der Waals surface area (Å²) in [6.07, 6.45) is -1.55. The Labute approximate surface area is 195 Å². The van der Waals surface area contributed by atoms with Crippen LogP contribution in [-0.4, -0.2) is 36.3 Å². The molecule has 0 unspecified atom stereocenters. The Hall–Kier alpha value is -4.35. The van der Waals surface area contributed by atoms with Crippen LogP contribution in [0.2, 0.25) is 0 Å². The molecule has 0 aliphatic carbocycles. The summed E-state index contributed by atoms with van der Waals surface area (Å²) in [5, 5.41) is 7.01. The van der Waals surface area contributed by atoms with E-state index in [2.05, 4.69) is 20.4 Å². The summed E-state index contributed by atoms with van der Waals surface area (Å²) in [7, 11) is 0. The number of aromatic nitrogens is 4. The van der Waals surface area contributed by atoms with Crippen molar-refractivity contribution >= 4 is 23.3 Å². The van der Waals surface area contributed by atoms with Gasteiger partial charge in [-0.1, -0.05) is 0 Å². The average Bonchev–Trinajstić information content (AvgIpc) is 3.33. The fraction of sp³-hybridized carbons (Fsp3) is 0.174. The highest BCUT2D eigenvalue weighted by atomic mass is 19.4. The largest absolute Gasteiger partial charge is 0.416 e. The van der Waals surface area contributed by atoms with Crippen molar-refractivity contribution in [1.29, 1.82) is 0 Å². The summed E-state index contributed by atoms with van der Waals surface area (Å²) in [5.41, 5.74) is 0.987. The lowest BCUT2D eigenvalue weighted by atomic mass is 10.1. The number of rotatable bonds is 4. The number of carbonyl (C=O) groups excluding carboxylic acids is 2. The number of carbonyl (C=O) groups is 2. The molecule has 0 spiro atoms. The van der Waals surface area contributed by atoms with Crippen LogP contribution in [-0.2, 0) is 24.1 Å². The van der Waals surface area contributed by atoms with Crippen LogP contribution in [0, 0.1) is 5.82 Å². The van der Waals surface area contributed by atoms with Crippen LogP contribution >= 0.6 is 0 Å². The van der Waals surface area contributed by atoms with E-state index in [1.807, 2.05) is 0 Å². The molecular formula is C23H16F4N6O2. The number of anilines is 1. The molecule has 4 aromatic rings. The van der Waals surface area contributed by atoms with Gasteiger partial charge in [-0.25, -0.2) is 13.9 Å². The zero-order chi connectivity index (χ0) is 24.9. The SMILES string of the molecule is CC(=O)Nc1cn2nc(-c3cnc4c(c3)C(=O)N(Cc3cc(C(F)(F)F)ccc3F)C4)ccc2n1. The maximum absolute atomic E-state index is 14.2. The number of amides is 2. The van der Waals surface area contributed by atoms with Crippen molar-refractivity contribution in [3.63, 3.8) is 0 Å². The molecule has 0 atom stereocenters. The molecule has 0 radical (unpaired) electrons. The molecule has 0 fully saturated rings. The van der Waals surface area contributed by atoms with Crippen LogP contribution in [0.25, 0.3) is 16.9 Å². The zero-order valence-electron chi connectivity index (χ0n) is 18.1. The summed E-state index contributed by atoms with van der Waals surface area (Å²) in [6, 6.07) is 7.08. The molecule has 2 amide bonds. The molecule has 0 saturated heterocycles. The van der Waals surface area contributed by atoms with Crippen molar-refractivity contribution in [2.24, 2.45) is 0 Å². The highest BCUT2D eigenvalue weighted by molar-refractivity contribution is 5.98. The van der Waals surface area contributed by atoms with Crippen LogP contribution in [0.4, 0.5) is 23.4 Å². The number of alkyl halides is 3. The second-order valence-electron chi connectivity index (χ2n) is 8.01. The minimum absolute atomic E-state index is 0.0399. The number of benzene rings is 1. The predicted molar refractivity (Wildman–Crippen MR) is 116 cm³/mol. The monoisotopic (exact) mass is 484 g/mol. The summed E-state index contributed by atoms with van der Waals surface area (Å²) in [4.78, 5) is 34.0. The first-order chi connectivity index (χ1) is 16.6. The Balaban J connectivity index is 1.40. The molecule has 3 aromatic heterocycles. The first-order valence-corrected chi connectivity index (χ1v) is 10.4. The minimum atomic E-state index is -4.62. The van der Waals surface area contributed by atoms with Crippen molar-refractivity contribution in [2.45, 2.75) is 26.2 Å². The second-order valence-corrected chi connectivity index (χ2v) is 8.01. The minimum Gasteiger partial charge on any atom is -0.328 e. The van der Waals surface area contributed by atoms with Crippen LogP contribution in [0.1, 0.15) is 34.1 Å². The quantitative estimate of drug-likeness (QED) is 0.441. The van der Waals surface area contributed by atoms with Gasteiger partial charge in [-0.3, -0.25) is 14.6 Å². The standard InChI is InChI=1S/C23H16F4N6O2/c1-12(34)29-20-11-33-21(30-20)5-4-18(31-33)13-7-16-19(28-8-13)10-32(22(16)35)9-14-6-15(23(25,26)27)2-3-17(14)24/h2-8,11H,9-10H2,1H3,(H,29,34). The number of hydrogen-bond donors (Lipinski definition) is 1. The van der Waals surface area contributed by atoms with Gasteiger partial charge in [-0.2, -0.15) is 18.3 Å². The first-order valence-electron chi connectivity index (χ1n) is 10.4. The van der Waals surface area contributed by atoms with Gasteiger partial charge >= 0.3 is 6.18 Å². The van der Waals surface area contributed by atoms with Crippen LogP contribution in [0.15, 0.2) is 48.8 Å². The second kappa shape index (κ2) is 8.15. The Morgan fingerprint density at radius 1 is 1.17 bits per heavy atom. The highest BCUT2D eigenvalue weighted by Crippen LogP contribution is 2.32. The Morgan fingerprint density at radius 3 is 2.71 bits per heavy atom. The fourth-order valence-corrected chi connectivity index (χ4v) is 3.85. The van der Waals surface area contributed by atoms with E-state index < -0.39 is 23.5 Å². The fourth-order valence-electron chi connectivity index (χ4n) is 3.85. The van der Waals surface area contributed by atoms with E-state index in [0.29, 0.717) is 40.5 Å². The van der Waals surface area contributed by atoms with Gasteiger partial charge in [0.15, 0.2) is 11.5 Å². The van der Waals surface area contributed by atoms with Crippen molar-refractivity contribution in [2.75, 3.05) is 5.32 Å². The molecule has 12 heteroatoms. The van der Waals surface area contributed by atoms with Crippen molar-refractivity contribution in [3.05, 3.63) is 77.0 Å². The predicted octanol–water partition coefficient (Wildman–Crippen LogP) is 4.06. The van der Waals surface area contributed by atoms with E-state index in [0.717, 1.165) is 6.07 Å². The van der Waals surface area contributed by atoms with E-state index in [-0.39, 0.29) is 30.1 Å². The van der Waals surface area contributed by atoms with Gasteiger partial charge in [0.2, 0.25) is 5.91 Å². The molecule has 0 saturated carbocycles. The van der Waals surface area contributed by atoms with Gasteiger partial charge in [-0.15, -0.1) is 0 Å². The molecule has 0 bridgehead atoms. The summed E-state index contributed by atoms with van der Waals surface area (Å²) in [5.74, 6) is -1.24. The van der Waals surface area contributed by atoms with Crippen LogP contribution in [0.5, 0.6) is 0 Å². The van der Waals surface area contributed by atoms with Crippen LogP contribution < -0.4 is 5.32 Å². The third-order valence-electron chi connectivity index (χ3n) is 5.48. The van der Waals surface area contributed by atoms with E-state index in [1.54, 1.807) is 18.2 Å². The van der Waals surface area contributed by atoms with Gasteiger partial charge in [0.05, 0.1) is 35.3 Å². The lowest BCUT2D eigenvalue weighted by Crippen LogP contribution is -2.24. The molecule has 1 N–H and O–H groups in total. The number of nitrogens with zero attached hydrogens (tertiary/aromatic N) is 5. The zero-order valence-corrected chi connectivity index (χ0v) is 18.1. The maximum atomic E-state index is 14.2. The molecule has 178 valence electrons. The number of nitrogens with one attached hydrogen (secondary N) is 1. The average molecular weight is 484 g/mol. The van der Waals surface area contributed by atoms with Gasteiger partial charge in [0.1, 0.15) is 5.82 Å². The summed E-state index contributed by atoms with van der Waals surface area (Å²) in [6.45, 7) is 1.07. The smallest absolute Gasteiger partial charge is 0.328 e. The van der Waals surface area contributed by atoms with Crippen molar-refractivity contribution in [1.82, 2.24) is 24.5 Å². The molecular weight excluding hydrogens is 468 g/mol. The number of halogens is 4. The molecule has 5 rings (SSSR count). The first kappa shape index (κ1) is 22.4. The Morgan fingerprint density at radius 2 is 1.97 bits per heavy atom. The van der Waals surface area contributed by atoms with Gasteiger partial charge in [-0.05, 0) is 36.4 Å². The molecule has 35 heavy (non-hydrogen) atoms. The number of imidazole rings is 1. The van der Waals surface area contributed by atoms with Gasteiger partial charge < -0.3 is 10.2 Å². The number of hydrogen-bond acceptors (Lipinski definition) is 5. The van der Waals surface area contributed by atoms with E-state index >= 15 is 0 Å². The summed E-state index contributed by atoms with van der Waals surface area (Å²) < 4.78 is 54.7. The van der Waals surface area contributed by atoms with E-state index in [4.69, 9.17) is 0 Å². The molecule has 1 aliphatic heterocycles. The third-order valence-corrected chi connectivity index (χ3v) is 5.48. The molecule has 4 heterocycles. The lowest BCUT2D eigenvalue weighted by Gasteiger charge is -2.17. The van der Waals surface area contributed by atoms with E-state index in [1.165, 1.54) is 28.7 Å². The van der Waals surface area contributed by atoms with Gasteiger partial charge in [0, 0.05) is 30.8 Å². The maximum Gasteiger partial charge on any atom is 0.416 e. The number of fused-ring (bicyclic) bond motifs is 2. The lowest BCUT2D eigenvalue weighted by molar-refractivity contribution is -0.137. The summed E-state index contributed by atoms with van der Waals surface area (Å²) >= 11 is 0. The Bertz CT molecular complexity index is 1500. The van der Waals surface area contributed by atoms with Crippen molar-refractivity contribution in [3.8, 4) is 11.3 Å². The molecule has 8 nitrogen and oxygen atoms in total. The normalized spacial score (nSPS) is 13.4. The highest BCUT2D eigenvalue weighted by Gasteiger charge is 2.33. The van der Waals surface area contributed by atoms with Crippen LogP contribution in [0.3, 0.4) is 0 Å². The molecule has 1 aromatic carbocycles. The van der Waals surface area contributed by atoms with Gasteiger partial charge in [0.25, 0.3) is 5.91 Å². The topological polar surface area (TPSA) is 92.5 Å². The van der Waals surface area contributed by atoms with Crippen molar-refractivity contribution < 1.29 is 27.2 Å². The Kier molecular flexibility index (Phi) is 5.23. The third kappa shape index (κ3) is 4.29. The molecule has 1 aliphatic rings. The number of pyridine rings is 1.